The minimum Gasteiger partial charge on any atom is -0.481 e. The third-order valence-electron chi connectivity index (χ3n) is 8.39. The lowest BCUT2D eigenvalue weighted by Crippen LogP contribution is -2.57. The normalized spacial score (nSPS) is 15.4. The molecule has 0 fully saturated rings. The van der Waals surface area contributed by atoms with Crippen LogP contribution >= 0.6 is 0 Å². The number of aliphatic carboxylic acids is 3. The van der Waals surface area contributed by atoms with Gasteiger partial charge in [-0.2, -0.15) is 0 Å². The van der Waals surface area contributed by atoms with Crippen LogP contribution in [0.5, 0.6) is 0 Å². The molecular weight excluding hydrogens is 518 g/mol. The Hall–Kier alpha value is -1.89. The summed E-state index contributed by atoms with van der Waals surface area (Å²) in [5.74, 6) is -4.88. The Morgan fingerprint density at radius 3 is 1.12 bits per heavy atom. The van der Waals surface area contributed by atoms with Gasteiger partial charge >= 0.3 is 17.9 Å². The Bertz CT molecular complexity index is 667. The van der Waals surface area contributed by atoms with E-state index in [9.17, 15) is 29.7 Å². The fraction of sp³-hybridized carbons (Fsp3) is 0.853. The van der Waals surface area contributed by atoms with E-state index in [4.69, 9.17) is 0 Å². The maximum atomic E-state index is 11.6. The molecule has 0 aromatic carbocycles. The molecule has 0 aliphatic heterocycles. The Balaban J connectivity index is 4.31. The highest BCUT2D eigenvalue weighted by Gasteiger charge is 2.38. The molecule has 0 rings (SSSR count). The summed E-state index contributed by atoms with van der Waals surface area (Å²) in [6, 6.07) is 0. The molecule has 0 heterocycles. The Labute approximate surface area is 251 Å². The molecule has 0 saturated heterocycles. The monoisotopic (exact) mass is 582 g/mol. The SMILES string of the molecule is CCCCCCCCCCCCCCCCC/C=C/CCC[N+](CC(C)C(=O)O)(CC(C)C(=O)O)CC(C)C(=O)O. The second kappa shape index (κ2) is 24.7. The van der Waals surface area contributed by atoms with Crippen molar-refractivity contribution in [3.63, 3.8) is 0 Å². The van der Waals surface area contributed by atoms with Crippen molar-refractivity contribution in [2.75, 3.05) is 26.2 Å². The maximum Gasteiger partial charge on any atom is 0.311 e. The zero-order valence-electron chi connectivity index (χ0n) is 27.0. The molecule has 3 atom stereocenters. The molecule has 0 amide bonds. The summed E-state index contributed by atoms with van der Waals surface area (Å²) in [6.07, 6.45) is 27.4. The molecule has 3 unspecified atom stereocenters. The molecule has 0 aliphatic carbocycles. The van der Waals surface area contributed by atoms with Gasteiger partial charge in [0.15, 0.2) is 0 Å². The highest BCUT2D eigenvalue weighted by Crippen LogP contribution is 2.22. The Morgan fingerprint density at radius 1 is 0.512 bits per heavy atom. The summed E-state index contributed by atoms with van der Waals surface area (Å²) >= 11 is 0. The summed E-state index contributed by atoms with van der Waals surface area (Å²) < 4.78 is 0.196. The van der Waals surface area contributed by atoms with E-state index in [-0.39, 0.29) is 24.1 Å². The second-order valence-corrected chi connectivity index (χ2v) is 12.7. The van der Waals surface area contributed by atoms with Crippen LogP contribution in [-0.4, -0.2) is 63.9 Å². The number of allylic oxidation sites excluding steroid dienone is 2. The first-order valence-corrected chi connectivity index (χ1v) is 16.7. The number of hydrogen-bond acceptors (Lipinski definition) is 3. The van der Waals surface area contributed by atoms with Crippen LogP contribution in [0.3, 0.4) is 0 Å². The first-order chi connectivity index (χ1) is 19.5. The van der Waals surface area contributed by atoms with E-state index in [1.54, 1.807) is 20.8 Å². The quantitative estimate of drug-likeness (QED) is 0.0463. The predicted molar refractivity (Wildman–Crippen MR) is 168 cm³/mol. The van der Waals surface area contributed by atoms with E-state index >= 15 is 0 Å². The van der Waals surface area contributed by atoms with Crippen molar-refractivity contribution in [3.05, 3.63) is 12.2 Å². The lowest BCUT2D eigenvalue weighted by Gasteiger charge is -2.42. The molecule has 0 aliphatic rings. The van der Waals surface area contributed by atoms with E-state index in [1.807, 2.05) is 0 Å². The smallest absolute Gasteiger partial charge is 0.311 e. The third kappa shape index (κ3) is 21.5. The van der Waals surface area contributed by atoms with Gasteiger partial charge in [0.05, 0.1) is 26.2 Å². The summed E-state index contributed by atoms with van der Waals surface area (Å²) in [7, 11) is 0. The van der Waals surface area contributed by atoms with Crippen LogP contribution in [0.25, 0.3) is 0 Å². The molecule has 0 saturated carbocycles. The Morgan fingerprint density at radius 2 is 0.805 bits per heavy atom. The van der Waals surface area contributed by atoms with Gasteiger partial charge in [0, 0.05) is 6.42 Å². The molecular formula is C34H64NO6+. The van der Waals surface area contributed by atoms with Gasteiger partial charge in [-0.05, 0) is 40.0 Å². The van der Waals surface area contributed by atoms with Crippen molar-refractivity contribution in [2.24, 2.45) is 17.8 Å². The van der Waals surface area contributed by atoms with Crippen LogP contribution in [0.1, 0.15) is 143 Å². The van der Waals surface area contributed by atoms with Gasteiger partial charge in [0.2, 0.25) is 0 Å². The van der Waals surface area contributed by atoms with Crippen molar-refractivity contribution in [1.82, 2.24) is 0 Å². The summed E-state index contributed by atoms with van der Waals surface area (Å²) in [4.78, 5) is 34.9. The zero-order valence-corrected chi connectivity index (χ0v) is 27.0. The molecule has 0 spiro atoms. The fourth-order valence-electron chi connectivity index (χ4n) is 5.89. The average Bonchev–Trinajstić information content (AvgIpc) is 2.91. The van der Waals surface area contributed by atoms with Crippen molar-refractivity contribution in [1.29, 1.82) is 0 Å². The molecule has 0 radical (unpaired) electrons. The largest absolute Gasteiger partial charge is 0.481 e. The number of nitrogens with zero attached hydrogens (tertiary/aromatic N) is 1. The van der Waals surface area contributed by atoms with E-state index in [1.165, 1.54) is 96.3 Å². The lowest BCUT2D eigenvalue weighted by molar-refractivity contribution is -0.934. The standard InChI is InChI=1S/C34H63NO6/c1-5-6-7-8-9-10-11-12-13-14-15-16-17-18-19-20-21-22-23-24-25-35(26-29(2)32(36)37,27-30(3)33(38)39)28-31(4)34(40)41/h21-22,29-31H,5-20,23-28H2,1-4H3,(H2-,36,37,38,39,40,41)/p+1/b22-21+. The van der Waals surface area contributed by atoms with Crippen molar-refractivity contribution < 1.29 is 34.2 Å². The molecule has 240 valence electrons. The molecule has 7 nitrogen and oxygen atoms in total. The molecule has 3 N–H and O–H groups in total. The first kappa shape index (κ1) is 39.1. The molecule has 41 heavy (non-hydrogen) atoms. The van der Waals surface area contributed by atoms with Gasteiger partial charge in [-0.25, -0.2) is 0 Å². The summed E-state index contributed by atoms with van der Waals surface area (Å²) in [5, 5.41) is 28.6. The third-order valence-corrected chi connectivity index (χ3v) is 8.39. The van der Waals surface area contributed by atoms with Gasteiger partial charge in [0.25, 0.3) is 0 Å². The number of hydrogen-bond donors (Lipinski definition) is 3. The lowest BCUT2D eigenvalue weighted by atomic mass is 10.0. The Kier molecular flexibility index (Phi) is 23.5. The molecule has 0 bridgehead atoms. The van der Waals surface area contributed by atoms with Crippen LogP contribution in [0.15, 0.2) is 12.2 Å². The molecule has 0 aromatic rings. The summed E-state index contributed by atoms with van der Waals surface area (Å²) in [6.45, 7) is 8.37. The number of rotatable bonds is 29. The van der Waals surface area contributed by atoms with Crippen LogP contribution < -0.4 is 0 Å². The van der Waals surface area contributed by atoms with Crippen LogP contribution in [-0.2, 0) is 14.4 Å². The predicted octanol–water partition coefficient (Wildman–Crippen LogP) is 8.56. The number of unbranched alkanes of at least 4 members (excludes halogenated alkanes) is 16. The van der Waals surface area contributed by atoms with E-state index in [0.29, 0.717) is 6.54 Å². The number of carboxylic acids is 3. The molecule has 7 heteroatoms. The highest BCUT2D eigenvalue weighted by atomic mass is 16.4. The fourth-order valence-corrected chi connectivity index (χ4v) is 5.89. The van der Waals surface area contributed by atoms with Crippen molar-refractivity contribution in [2.45, 2.75) is 143 Å². The van der Waals surface area contributed by atoms with Gasteiger partial charge in [0.1, 0.15) is 17.8 Å². The van der Waals surface area contributed by atoms with E-state index in [2.05, 4.69) is 19.1 Å². The number of carboxylic acid groups (broad SMARTS) is 3. The van der Waals surface area contributed by atoms with E-state index in [0.717, 1.165) is 19.3 Å². The second-order valence-electron chi connectivity index (χ2n) is 12.7. The van der Waals surface area contributed by atoms with Gasteiger partial charge in [-0.15, -0.1) is 0 Å². The van der Waals surface area contributed by atoms with Crippen molar-refractivity contribution >= 4 is 17.9 Å². The highest BCUT2D eigenvalue weighted by molar-refractivity contribution is 5.70. The number of quaternary nitrogens is 1. The first-order valence-electron chi connectivity index (χ1n) is 16.7. The van der Waals surface area contributed by atoms with Crippen molar-refractivity contribution in [3.8, 4) is 0 Å². The summed E-state index contributed by atoms with van der Waals surface area (Å²) in [5.41, 5.74) is 0. The van der Waals surface area contributed by atoms with Crippen LogP contribution in [0.4, 0.5) is 0 Å². The minimum atomic E-state index is -0.943. The zero-order chi connectivity index (χ0) is 30.9. The average molecular weight is 583 g/mol. The van der Waals surface area contributed by atoms with Gasteiger partial charge in [-0.3, -0.25) is 14.4 Å². The van der Waals surface area contributed by atoms with Crippen LogP contribution in [0, 0.1) is 17.8 Å². The van der Waals surface area contributed by atoms with E-state index < -0.39 is 35.7 Å². The minimum absolute atomic E-state index is 0.196. The molecule has 0 aromatic heterocycles. The van der Waals surface area contributed by atoms with Gasteiger partial charge < -0.3 is 19.8 Å². The van der Waals surface area contributed by atoms with Gasteiger partial charge in [-0.1, -0.05) is 109 Å². The van der Waals surface area contributed by atoms with Crippen LogP contribution in [0.2, 0.25) is 0 Å². The number of carbonyl (C=O) groups is 3. The maximum absolute atomic E-state index is 11.6. The topological polar surface area (TPSA) is 112 Å².